The summed E-state index contributed by atoms with van der Waals surface area (Å²) in [6.07, 6.45) is 1.81. The lowest BCUT2D eigenvalue weighted by Gasteiger charge is -2.30. The molecular formula is C19H29ClN2O3. The molecule has 1 saturated heterocycles. The molecule has 0 bridgehead atoms. The smallest absolute Gasteiger partial charge is 0.223 e. The number of benzene rings is 1. The van der Waals surface area contributed by atoms with Crippen LogP contribution in [-0.2, 0) is 4.79 Å². The Balaban J connectivity index is 0.00000225. The van der Waals surface area contributed by atoms with Crippen molar-refractivity contribution >= 4 is 18.3 Å². The highest BCUT2D eigenvalue weighted by Crippen LogP contribution is 2.34. The van der Waals surface area contributed by atoms with Gasteiger partial charge in [0.2, 0.25) is 5.91 Å². The molecule has 2 N–H and O–H groups in total. The van der Waals surface area contributed by atoms with Crippen LogP contribution < -0.4 is 20.1 Å². The number of ether oxygens (including phenoxy) is 2. The molecule has 0 saturated carbocycles. The first kappa shape index (κ1) is 19.9. The Bertz CT molecular complexity index is 594. The third-order valence-electron chi connectivity index (χ3n) is 4.88. The number of halogens is 1. The lowest BCUT2D eigenvalue weighted by Crippen LogP contribution is -2.44. The Morgan fingerprint density at radius 2 is 1.96 bits per heavy atom. The van der Waals surface area contributed by atoms with Crippen molar-refractivity contribution in [2.75, 3.05) is 19.8 Å². The number of amides is 1. The summed E-state index contributed by atoms with van der Waals surface area (Å²) < 4.78 is 11.3. The SMILES string of the molecule is CC(C)C(NC(=O)[C@H]1CCN[C@@H](C)C1)c1ccc2c(c1)OCCO2.Cl. The summed E-state index contributed by atoms with van der Waals surface area (Å²) in [5, 5.41) is 6.67. The number of fused-ring (bicyclic) bond motifs is 1. The molecule has 0 aliphatic carbocycles. The average Bonchev–Trinajstić information content (AvgIpc) is 2.58. The summed E-state index contributed by atoms with van der Waals surface area (Å²) in [4.78, 5) is 12.7. The molecule has 5 nitrogen and oxygen atoms in total. The minimum atomic E-state index is -0.0153. The third kappa shape index (κ3) is 4.79. The number of hydrogen-bond acceptors (Lipinski definition) is 4. The summed E-state index contributed by atoms with van der Waals surface area (Å²) in [5.41, 5.74) is 1.07. The van der Waals surface area contributed by atoms with E-state index < -0.39 is 0 Å². The Labute approximate surface area is 156 Å². The Morgan fingerprint density at radius 1 is 1.24 bits per heavy atom. The second-order valence-corrected chi connectivity index (χ2v) is 7.21. The molecule has 1 aromatic carbocycles. The first-order valence-electron chi connectivity index (χ1n) is 8.98. The average molecular weight is 369 g/mol. The van der Waals surface area contributed by atoms with Crippen LogP contribution in [0.4, 0.5) is 0 Å². The first-order chi connectivity index (χ1) is 11.5. The lowest BCUT2D eigenvalue weighted by molar-refractivity contribution is -0.127. The van der Waals surface area contributed by atoms with E-state index >= 15 is 0 Å². The van der Waals surface area contributed by atoms with Crippen molar-refractivity contribution in [3.63, 3.8) is 0 Å². The van der Waals surface area contributed by atoms with Crippen molar-refractivity contribution in [1.82, 2.24) is 10.6 Å². The van der Waals surface area contributed by atoms with Crippen molar-refractivity contribution in [1.29, 1.82) is 0 Å². The predicted octanol–water partition coefficient (Wildman–Crippen LogP) is 3.08. The van der Waals surface area contributed by atoms with Gasteiger partial charge >= 0.3 is 0 Å². The quantitative estimate of drug-likeness (QED) is 0.857. The number of carbonyl (C=O) groups is 1. The van der Waals surface area contributed by atoms with Gasteiger partial charge < -0.3 is 20.1 Å². The molecule has 6 heteroatoms. The van der Waals surface area contributed by atoms with Crippen LogP contribution in [0.1, 0.15) is 45.2 Å². The van der Waals surface area contributed by atoms with Gasteiger partial charge in [-0.25, -0.2) is 0 Å². The lowest BCUT2D eigenvalue weighted by atomic mass is 9.90. The van der Waals surface area contributed by atoms with E-state index in [-0.39, 0.29) is 30.3 Å². The topological polar surface area (TPSA) is 59.6 Å². The van der Waals surface area contributed by atoms with E-state index in [0.29, 0.717) is 25.2 Å². The van der Waals surface area contributed by atoms with Gasteiger partial charge in [-0.1, -0.05) is 19.9 Å². The first-order valence-corrected chi connectivity index (χ1v) is 8.98. The van der Waals surface area contributed by atoms with Gasteiger partial charge in [-0.05, 0) is 49.9 Å². The van der Waals surface area contributed by atoms with Gasteiger partial charge in [-0.3, -0.25) is 4.79 Å². The standard InChI is InChI=1S/C19H28N2O3.ClH/c1-12(2)18(21-19(22)15-6-7-20-13(3)10-15)14-4-5-16-17(11-14)24-9-8-23-16;/h4-5,11-13,15,18,20H,6-10H2,1-3H3,(H,21,22);1H/t13-,15-,18?;/m0./s1. The van der Waals surface area contributed by atoms with Gasteiger partial charge in [0.05, 0.1) is 6.04 Å². The van der Waals surface area contributed by atoms with Crippen molar-refractivity contribution in [3.8, 4) is 11.5 Å². The normalized spacial score (nSPS) is 23.5. The molecular weight excluding hydrogens is 340 g/mol. The zero-order valence-corrected chi connectivity index (χ0v) is 16.0. The van der Waals surface area contributed by atoms with Crippen LogP contribution in [0.25, 0.3) is 0 Å². The molecule has 3 rings (SSSR count). The van der Waals surface area contributed by atoms with Crippen LogP contribution in [0, 0.1) is 11.8 Å². The summed E-state index contributed by atoms with van der Waals surface area (Å²) in [7, 11) is 0. The van der Waals surface area contributed by atoms with Crippen molar-refractivity contribution < 1.29 is 14.3 Å². The zero-order chi connectivity index (χ0) is 17.1. The molecule has 3 atom stereocenters. The fourth-order valence-electron chi connectivity index (χ4n) is 3.53. The Hall–Kier alpha value is -1.46. The molecule has 1 amide bonds. The molecule has 0 spiro atoms. The van der Waals surface area contributed by atoms with E-state index in [4.69, 9.17) is 9.47 Å². The van der Waals surface area contributed by atoms with E-state index in [0.717, 1.165) is 36.4 Å². The third-order valence-corrected chi connectivity index (χ3v) is 4.88. The number of nitrogens with one attached hydrogen (secondary N) is 2. The van der Waals surface area contributed by atoms with Crippen LogP contribution >= 0.6 is 12.4 Å². The van der Waals surface area contributed by atoms with Crippen LogP contribution in [0.5, 0.6) is 11.5 Å². The zero-order valence-electron chi connectivity index (χ0n) is 15.2. The number of carbonyl (C=O) groups excluding carboxylic acids is 1. The van der Waals surface area contributed by atoms with Gasteiger partial charge in [0.1, 0.15) is 13.2 Å². The maximum absolute atomic E-state index is 12.7. The fraction of sp³-hybridized carbons (Fsp3) is 0.632. The summed E-state index contributed by atoms with van der Waals surface area (Å²) in [5.74, 6) is 2.12. The summed E-state index contributed by atoms with van der Waals surface area (Å²) in [6, 6.07) is 6.37. The number of piperidine rings is 1. The van der Waals surface area contributed by atoms with Gasteiger partial charge in [0, 0.05) is 12.0 Å². The van der Waals surface area contributed by atoms with E-state index in [1.807, 2.05) is 18.2 Å². The molecule has 2 heterocycles. The molecule has 140 valence electrons. The molecule has 1 aromatic rings. The van der Waals surface area contributed by atoms with E-state index in [1.54, 1.807) is 0 Å². The summed E-state index contributed by atoms with van der Waals surface area (Å²) in [6.45, 7) is 8.47. The van der Waals surface area contributed by atoms with Crippen molar-refractivity contribution in [3.05, 3.63) is 23.8 Å². The van der Waals surface area contributed by atoms with Crippen molar-refractivity contribution in [2.24, 2.45) is 11.8 Å². The van der Waals surface area contributed by atoms with E-state index in [2.05, 4.69) is 31.4 Å². The number of rotatable bonds is 4. The van der Waals surface area contributed by atoms with Crippen molar-refractivity contribution in [2.45, 2.75) is 45.7 Å². The highest BCUT2D eigenvalue weighted by atomic mass is 35.5. The molecule has 25 heavy (non-hydrogen) atoms. The van der Waals surface area contributed by atoms with Crippen LogP contribution in [-0.4, -0.2) is 31.7 Å². The van der Waals surface area contributed by atoms with Gasteiger partial charge in [-0.15, -0.1) is 12.4 Å². The molecule has 1 fully saturated rings. The minimum Gasteiger partial charge on any atom is -0.486 e. The van der Waals surface area contributed by atoms with E-state index in [9.17, 15) is 4.79 Å². The molecule has 1 unspecified atom stereocenters. The largest absolute Gasteiger partial charge is 0.486 e. The van der Waals surface area contributed by atoms with Gasteiger partial charge in [0.15, 0.2) is 11.5 Å². The molecule has 0 radical (unpaired) electrons. The second-order valence-electron chi connectivity index (χ2n) is 7.21. The Morgan fingerprint density at radius 3 is 2.64 bits per heavy atom. The van der Waals surface area contributed by atoms with Gasteiger partial charge in [-0.2, -0.15) is 0 Å². The highest BCUT2D eigenvalue weighted by Gasteiger charge is 2.28. The van der Waals surface area contributed by atoms with Gasteiger partial charge in [0.25, 0.3) is 0 Å². The Kier molecular flexibility index (Phi) is 6.96. The van der Waals surface area contributed by atoms with Crippen LogP contribution in [0.3, 0.4) is 0 Å². The fourth-order valence-corrected chi connectivity index (χ4v) is 3.53. The monoisotopic (exact) mass is 368 g/mol. The highest BCUT2D eigenvalue weighted by molar-refractivity contribution is 5.85. The van der Waals surface area contributed by atoms with E-state index in [1.165, 1.54) is 0 Å². The van der Waals surface area contributed by atoms with Crippen LogP contribution in [0.15, 0.2) is 18.2 Å². The summed E-state index contributed by atoms with van der Waals surface area (Å²) >= 11 is 0. The molecule has 2 aliphatic heterocycles. The number of hydrogen-bond donors (Lipinski definition) is 2. The molecule has 2 aliphatic rings. The predicted molar refractivity (Wildman–Crippen MR) is 101 cm³/mol. The molecule has 0 aromatic heterocycles. The minimum absolute atomic E-state index is 0. The second kappa shape index (κ2) is 8.77. The maximum Gasteiger partial charge on any atom is 0.223 e. The van der Waals surface area contributed by atoms with Crippen LogP contribution in [0.2, 0.25) is 0 Å². The maximum atomic E-state index is 12.7.